The lowest BCUT2D eigenvalue weighted by atomic mass is 10.1. The Bertz CT molecular complexity index is 476. The molecule has 2 rings (SSSR count). The number of aliphatic hydroxyl groups excluding tert-OH is 1. The van der Waals surface area contributed by atoms with Gasteiger partial charge in [0.05, 0.1) is 6.10 Å². The lowest BCUT2D eigenvalue weighted by Gasteiger charge is -2.05. The topological polar surface area (TPSA) is 25.2 Å². The predicted molar refractivity (Wildman–Crippen MR) is 63.6 cm³/mol. The number of aliphatic hydroxyl groups is 1. The molecule has 0 radical (unpaired) electrons. The molecule has 0 aliphatic heterocycles. The maximum Gasteiger partial charge on any atom is 0.0899 e. The van der Waals surface area contributed by atoms with E-state index in [9.17, 15) is 5.11 Å². The maximum absolute atomic E-state index is 9.84. The Morgan fingerprint density at radius 1 is 1.06 bits per heavy atom. The van der Waals surface area contributed by atoms with E-state index in [1.54, 1.807) is 4.57 Å². The Kier molecular flexibility index (Phi) is 3.42. The lowest BCUT2D eigenvalue weighted by Crippen LogP contribution is -1.95. The average Bonchev–Trinajstić information content (AvgIpc) is 2.83. The molecule has 1 N–H and O–H groups in total. The number of rotatable bonds is 2. The zero-order chi connectivity index (χ0) is 11.2. The van der Waals surface area contributed by atoms with E-state index in [-0.39, 0.29) is 0 Å². The quantitative estimate of drug-likeness (QED) is 0.758. The van der Waals surface area contributed by atoms with Crippen LogP contribution in [0.3, 0.4) is 0 Å². The van der Waals surface area contributed by atoms with Crippen molar-refractivity contribution in [3.63, 3.8) is 0 Å². The molecule has 0 fully saturated rings. The van der Waals surface area contributed by atoms with Crippen molar-refractivity contribution < 1.29 is 5.11 Å². The molecule has 0 amide bonds. The average molecular weight is 211 g/mol. The largest absolute Gasteiger partial charge is 0.387 e. The molecule has 0 spiro atoms. The molecular formula is C14H13NO. The normalized spacial score (nSPS) is 11.6. The summed E-state index contributed by atoms with van der Waals surface area (Å²) in [5, 5.41) is 9.84. The Labute approximate surface area is 95.2 Å². The molecule has 1 heterocycles. The first-order chi connectivity index (χ1) is 7.86. The molecule has 0 aliphatic rings. The third kappa shape index (κ3) is 2.75. The van der Waals surface area contributed by atoms with E-state index >= 15 is 0 Å². The fraction of sp³-hybridized carbons (Fsp3) is 0.143. The van der Waals surface area contributed by atoms with Crippen LogP contribution in [-0.2, 0) is 0 Å². The van der Waals surface area contributed by atoms with Crippen LogP contribution in [0.4, 0.5) is 0 Å². The summed E-state index contributed by atoms with van der Waals surface area (Å²) >= 11 is 0. The van der Waals surface area contributed by atoms with E-state index in [1.807, 2.05) is 54.9 Å². The number of benzene rings is 1. The third-order valence-electron chi connectivity index (χ3n) is 2.29. The van der Waals surface area contributed by atoms with Gasteiger partial charge < -0.3 is 5.11 Å². The molecule has 1 atom stereocenters. The highest BCUT2D eigenvalue weighted by molar-refractivity contribution is 5.19. The molecule has 0 bridgehead atoms. The van der Waals surface area contributed by atoms with Crippen LogP contribution in [0.25, 0.3) is 0 Å². The van der Waals surface area contributed by atoms with Crippen LogP contribution in [0.5, 0.6) is 0 Å². The highest BCUT2D eigenvalue weighted by Crippen LogP contribution is 2.14. The Hall–Kier alpha value is -1.98. The summed E-state index contributed by atoms with van der Waals surface area (Å²) in [6.07, 6.45) is 3.69. The summed E-state index contributed by atoms with van der Waals surface area (Å²) in [5.41, 5.74) is 0.907. The first-order valence-electron chi connectivity index (χ1n) is 5.21. The SMILES string of the molecule is OC(CC#Cn1cccc1)c1ccccc1. The number of aromatic nitrogens is 1. The number of hydrogen-bond acceptors (Lipinski definition) is 1. The van der Waals surface area contributed by atoms with Gasteiger partial charge in [0, 0.05) is 24.9 Å². The van der Waals surface area contributed by atoms with Gasteiger partial charge in [0.2, 0.25) is 0 Å². The standard InChI is InChI=1S/C14H13NO/c16-14(13-7-2-1-3-8-13)9-6-12-15-10-4-5-11-15/h1-5,7-8,10-11,14,16H,9H2. The molecule has 16 heavy (non-hydrogen) atoms. The predicted octanol–water partition coefficient (Wildman–Crippen LogP) is 2.42. The van der Waals surface area contributed by atoms with Crippen LogP contribution < -0.4 is 0 Å². The highest BCUT2D eigenvalue weighted by atomic mass is 16.3. The fourth-order valence-electron chi connectivity index (χ4n) is 1.44. The molecule has 2 heteroatoms. The van der Waals surface area contributed by atoms with Crippen LogP contribution in [0, 0.1) is 12.0 Å². The van der Waals surface area contributed by atoms with Gasteiger partial charge in [-0.25, -0.2) is 0 Å². The van der Waals surface area contributed by atoms with E-state index < -0.39 is 6.10 Å². The second-order valence-corrected chi connectivity index (χ2v) is 3.51. The summed E-state index contributed by atoms with van der Waals surface area (Å²) in [4.78, 5) is 0. The van der Waals surface area contributed by atoms with Crippen molar-refractivity contribution in [2.75, 3.05) is 0 Å². The van der Waals surface area contributed by atoms with E-state index in [1.165, 1.54) is 0 Å². The second-order valence-electron chi connectivity index (χ2n) is 3.51. The van der Waals surface area contributed by atoms with E-state index in [2.05, 4.69) is 12.0 Å². The fourth-order valence-corrected chi connectivity index (χ4v) is 1.44. The first-order valence-corrected chi connectivity index (χ1v) is 5.21. The minimum Gasteiger partial charge on any atom is -0.387 e. The van der Waals surface area contributed by atoms with Gasteiger partial charge in [0.15, 0.2) is 0 Å². The van der Waals surface area contributed by atoms with Gasteiger partial charge in [-0.05, 0) is 17.7 Å². The van der Waals surface area contributed by atoms with E-state index in [0.717, 1.165) is 5.56 Å². The molecular weight excluding hydrogens is 198 g/mol. The van der Waals surface area contributed by atoms with Crippen LogP contribution >= 0.6 is 0 Å². The monoisotopic (exact) mass is 211 g/mol. The van der Waals surface area contributed by atoms with Crippen LogP contribution in [-0.4, -0.2) is 9.67 Å². The smallest absolute Gasteiger partial charge is 0.0899 e. The van der Waals surface area contributed by atoms with Gasteiger partial charge in [-0.2, -0.15) is 0 Å². The van der Waals surface area contributed by atoms with Gasteiger partial charge in [0.1, 0.15) is 0 Å². The number of nitrogens with zero attached hydrogens (tertiary/aromatic N) is 1. The minimum atomic E-state index is -0.510. The van der Waals surface area contributed by atoms with Crippen molar-refractivity contribution in [3.05, 3.63) is 60.4 Å². The van der Waals surface area contributed by atoms with E-state index in [0.29, 0.717) is 6.42 Å². The molecule has 80 valence electrons. The zero-order valence-electron chi connectivity index (χ0n) is 8.88. The highest BCUT2D eigenvalue weighted by Gasteiger charge is 2.03. The van der Waals surface area contributed by atoms with Crippen molar-refractivity contribution >= 4 is 0 Å². The van der Waals surface area contributed by atoms with Crippen molar-refractivity contribution in [2.24, 2.45) is 0 Å². The van der Waals surface area contributed by atoms with Gasteiger partial charge in [-0.1, -0.05) is 36.3 Å². The minimum absolute atomic E-state index is 0.447. The van der Waals surface area contributed by atoms with Crippen LogP contribution in [0.15, 0.2) is 54.9 Å². The van der Waals surface area contributed by atoms with Gasteiger partial charge >= 0.3 is 0 Å². The van der Waals surface area contributed by atoms with Gasteiger partial charge in [-0.3, -0.25) is 4.57 Å². The third-order valence-corrected chi connectivity index (χ3v) is 2.29. The van der Waals surface area contributed by atoms with Crippen molar-refractivity contribution in [3.8, 4) is 12.0 Å². The molecule has 1 aromatic heterocycles. The molecule has 2 aromatic rings. The van der Waals surface area contributed by atoms with Crippen molar-refractivity contribution in [1.29, 1.82) is 0 Å². The van der Waals surface area contributed by atoms with Gasteiger partial charge in [-0.15, -0.1) is 0 Å². The second kappa shape index (κ2) is 5.20. The summed E-state index contributed by atoms with van der Waals surface area (Å²) in [5.74, 6) is 2.95. The molecule has 0 aliphatic carbocycles. The molecule has 1 unspecified atom stereocenters. The molecule has 2 nitrogen and oxygen atoms in total. The summed E-state index contributed by atoms with van der Waals surface area (Å²) in [6, 6.07) is 16.3. The first kappa shape index (κ1) is 10.5. The van der Waals surface area contributed by atoms with Crippen molar-refractivity contribution in [2.45, 2.75) is 12.5 Å². The molecule has 0 saturated carbocycles. The molecule has 0 saturated heterocycles. The number of hydrogen-bond donors (Lipinski definition) is 1. The summed E-state index contributed by atoms with van der Waals surface area (Å²) < 4.78 is 1.78. The van der Waals surface area contributed by atoms with Crippen LogP contribution in [0.1, 0.15) is 18.1 Å². The van der Waals surface area contributed by atoms with Gasteiger partial charge in [0.25, 0.3) is 0 Å². The summed E-state index contributed by atoms with van der Waals surface area (Å²) in [6.45, 7) is 0. The lowest BCUT2D eigenvalue weighted by molar-refractivity contribution is 0.184. The Morgan fingerprint density at radius 2 is 1.75 bits per heavy atom. The maximum atomic E-state index is 9.84. The van der Waals surface area contributed by atoms with Crippen molar-refractivity contribution in [1.82, 2.24) is 4.57 Å². The van der Waals surface area contributed by atoms with Crippen LogP contribution in [0.2, 0.25) is 0 Å². The Morgan fingerprint density at radius 3 is 2.44 bits per heavy atom. The Balaban J connectivity index is 1.96. The zero-order valence-corrected chi connectivity index (χ0v) is 8.88. The van der Waals surface area contributed by atoms with E-state index in [4.69, 9.17) is 0 Å². The summed E-state index contributed by atoms with van der Waals surface area (Å²) in [7, 11) is 0. The molecule has 1 aromatic carbocycles.